The maximum absolute atomic E-state index is 5.55. The maximum Gasteiger partial charge on any atom is 0.118 e. The molecule has 1 aromatic rings. The molecule has 0 amide bonds. The zero-order valence-electron chi connectivity index (χ0n) is 9.38. The van der Waals surface area contributed by atoms with Crippen LogP contribution in [0.5, 0.6) is 0 Å². The van der Waals surface area contributed by atoms with Crippen molar-refractivity contribution in [2.45, 2.75) is 51.2 Å². The maximum atomic E-state index is 5.55. The molecule has 0 radical (unpaired) electrons. The first-order chi connectivity index (χ1) is 7.28. The molecule has 1 aromatic heterocycles. The van der Waals surface area contributed by atoms with Crippen LogP contribution in [0, 0.1) is 0 Å². The van der Waals surface area contributed by atoms with Gasteiger partial charge in [0, 0.05) is 5.54 Å². The average molecular weight is 208 g/mol. The zero-order chi connectivity index (χ0) is 10.7. The van der Waals surface area contributed by atoms with E-state index in [9.17, 15) is 0 Å². The topological polar surface area (TPSA) is 51.2 Å². The minimum absolute atomic E-state index is 0.385. The lowest BCUT2D eigenvalue weighted by Crippen LogP contribution is -2.49. The predicted molar refractivity (Wildman–Crippen MR) is 60.3 cm³/mol. The number of nitrogens with two attached hydrogens (primary N) is 1. The molecule has 2 rings (SSSR count). The van der Waals surface area contributed by atoms with Crippen LogP contribution in [0.1, 0.15) is 44.1 Å². The van der Waals surface area contributed by atoms with Crippen molar-refractivity contribution in [3.63, 3.8) is 0 Å². The minimum Gasteiger partial charge on any atom is -0.463 e. The third-order valence-electron chi connectivity index (χ3n) is 3.54. The van der Waals surface area contributed by atoms with E-state index >= 15 is 0 Å². The second-order valence-corrected chi connectivity index (χ2v) is 4.41. The van der Waals surface area contributed by atoms with Crippen molar-refractivity contribution in [3.05, 3.63) is 23.7 Å². The summed E-state index contributed by atoms with van der Waals surface area (Å²) in [5.41, 5.74) is 5.88. The van der Waals surface area contributed by atoms with Crippen molar-refractivity contribution < 1.29 is 4.42 Å². The van der Waals surface area contributed by atoms with Crippen LogP contribution in [0.4, 0.5) is 0 Å². The molecular formula is C12H20N2O. The Hall–Kier alpha value is -0.800. The van der Waals surface area contributed by atoms with Crippen molar-refractivity contribution in [1.82, 2.24) is 5.32 Å². The Morgan fingerprint density at radius 3 is 2.60 bits per heavy atom. The molecule has 0 bridgehead atoms. The van der Waals surface area contributed by atoms with E-state index in [2.05, 4.69) is 12.2 Å². The van der Waals surface area contributed by atoms with Crippen LogP contribution >= 0.6 is 0 Å². The quantitative estimate of drug-likeness (QED) is 0.779. The fourth-order valence-corrected chi connectivity index (χ4v) is 2.16. The Labute approximate surface area is 91.0 Å². The summed E-state index contributed by atoms with van der Waals surface area (Å²) < 4.78 is 5.55. The van der Waals surface area contributed by atoms with Gasteiger partial charge >= 0.3 is 0 Å². The summed E-state index contributed by atoms with van der Waals surface area (Å²) in [6.45, 7) is 3.56. The molecule has 3 nitrogen and oxygen atoms in total. The fourth-order valence-electron chi connectivity index (χ4n) is 2.16. The molecule has 1 aliphatic rings. The Bertz CT molecular complexity index is 310. The van der Waals surface area contributed by atoms with Crippen molar-refractivity contribution in [2.75, 3.05) is 0 Å². The molecule has 1 heterocycles. The molecule has 0 saturated heterocycles. The summed E-state index contributed by atoms with van der Waals surface area (Å²) in [5.74, 6) is 1.86. The van der Waals surface area contributed by atoms with Crippen LogP contribution in [-0.2, 0) is 13.1 Å². The predicted octanol–water partition coefficient (Wildman–Crippen LogP) is 2.16. The molecule has 0 aromatic carbocycles. The van der Waals surface area contributed by atoms with Gasteiger partial charge < -0.3 is 15.5 Å². The molecular weight excluding hydrogens is 188 g/mol. The Morgan fingerprint density at radius 2 is 2.13 bits per heavy atom. The van der Waals surface area contributed by atoms with Gasteiger partial charge in [0.05, 0.1) is 13.1 Å². The molecule has 0 unspecified atom stereocenters. The van der Waals surface area contributed by atoms with Gasteiger partial charge in [-0.1, -0.05) is 6.92 Å². The summed E-state index contributed by atoms with van der Waals surface area (Å²) >= 11 is 0. The van der Waals surface area contributed by atoms with E-state index in [0.29, 0.717) is 12.1 Å². The van der Waals surface area contributed by atoms with Crippen LogP contribution in [0.3, 0.4) is 0 Å². The highest BCUT2D eigenvalue weighted by atomic mass is 16.3. The molecule has 0 spiro atoms. The summed E-state index contributed by atoms with van der Waals surface area (Å²) in [5, 5.41) is 3.60. The van der Waals surface area contributed by atoms with Crippen molar-refractivity contribution in [1.29, 1.82) is 0 Å². The molecule has 1 fully saturated rings. The molecule has 1 saturated carbocycles. The lowest BCUT2D eigenvalue weighted by molar-refractivity contribution is 0.170. The molecule has 15 heavy (non-hydrogen) atoms. The van der Waals surface area contributed by atoms with Gasteiger partial charge in [0.15, 0.2) is 0 Å². The monoisotopic (exact) mass is 208 g/mol. The number of hydrogen-bond acceptors (Lipinski definition) is 3. The summed E-state index contributed by atoms with van der Waals surface area (Å²) in [4.78, 5) is 0. The zero-order valence-corrected chi connectivity index (χ0v) is 9.38. The van der Waals surface area contributed by atoms with Crippen LogP contribution < -0.4 is 11.1 Å². The second-order valence-electron chi connectivity index (χ2n) is 4.41. The normalized spacial score (nSPS) is 18.8. The SMILES string of the molecule is CCC1(NCc2ccc(CN)o2)CCC1. The van der Waals surface area contributed by atoms with E-state index in [0.717, 1.165) is 18.1 Å². The molecule has 0 aliphatic heterocycles. The van der Waals surface area contributed by atoms with E-state index in [1.165, 1.54) is 25.7 Å². The van der Waals surface area contributed by atoms with Crippen molar-refractivity contribution in [3.8, 4) is 0 Å². The van der Waals surface area contributed by atoms with E-state index in [1.54, 1.807) is 0 Å². The largest absolute Gasteiger partial charge is 0.463 e. The minimum atomic E-state index is 0.385. The van der Waals surface area contributed by atoms with Gasteiger partial charge in [0.2, 0.25) is 0 Å². The Balaban J connectivity index is 1.86. The standard InChI is InChI=1S/C12H20N2O/c1-2-12(6-3-7-12)14-9-11-5-4-10(8-13)15-11/h4-5,14H,2-3,6-9,13H2,1H3. The first kappa shape index (κ1) is 10.7. The van der Waals surface area contributed by atoms with Gasteiger partial charge in [0.1, 0.15) is 11.5 Å². The van der Waals surface area contributed by atoms with Crippen molar-refractivity contribution >= 4 is 0 Å². The number of hydrogen-bond donors (Lipinski definition) is 2. The van der Waals surface area contributed by atoms with E-state index < -0.39 is 0 Å². The summed E-state index contributed by atoms with van der Waals surface area (Å²) in [6, 6.07) is 3.97. The Kier molecular flexibility index (Phi) is 3.12. The van der Waals surface area contributed by atoms with Gasteiger partial charge in [-0.15, -0.1) is 0 Å². The average Bonchev–Trinajstić information content (AvgIpc) is 2.65. The van der Waals surface area contributed by atoms with Crippen molar-refractivity contribution in [2.24, 2.45) is 5.73 Å². The molecule has 3 heteroatoms. The van der Waals surface area contributed by atoms with Crippen LogP contribution in [-0.4, -0.2) is 5.54 Å². The Morgan fingerprint density at radius 1 is 1.40 bits per heavy atom. The molecule has 0 atom stereocenters. The highest BCUT2D eigenvalue weighted by molar-refractivity contribution is 5.07. The first-order valence-electron chi connectivity index (χ1n) is 5.81. The third kappa shape index (κ3) is 2.24. The van der Waals surface area contributed by atoms with E-state index in [1.807, 2.05) is 12.1 Å². The smallest absolute Gasteiger partial charge is 0.118 e. The number of furan rings is 1. The second kappa shape index (κ2) is 4.37. The highest BCUT2D eigenvalue weighted by Gasteiger charge is 2.34. The molecule has 3 N–H and O–H groups in total. The van der Waals surface area contributed by atoms with E-state index in [-0.39, 0.29) is 0 Å². The first-order valence-corrected chi connectivity index (χ1v) is 5.81. The van der Waals surface area contributed by atoms with Crippen LogP contribution in [0.2, 0.25) is 0 Å². The van der Waals surface area contributed by atoms with E-state index in [4.69, 9.17) is 10.2 Å². The lowest BCUT2D eigenvalue weighted by Gasteiger charge is -2.42. The third-order valence-corrected chi connectivity index (χ3v) is 3.54. The van der Waals surface area contributed by atoms with Crippen LogP contribution in [0.25, 0.3) is 0 Å². The summed E-state index contributed by atoms with van der Waals surface area (Å²) in [7, 11) is 0. The number of rotatable bonds is 5. The van der Waals surface area contributed by atoms with Gasteiger partial charge in [-0.25, -0.2) is 0 Å². The lowest BCUT2D eigenvalue weighted by atomic mass is 9.75. The van der Waals surface area contributed by atoms with Gasteiger partial charge in [-0.05, 0) is 37.8 Å². The molecule has 1 aliphatic carbocycles. The van der Waals surface area contributed by atoms with Gasteiger partial charge in [-0.2, -0.15) is 0 Å². The van der Waals surface area contributed by atoms with Gasteiger partial charge in [-0.3, -0.25) is 0 Å². The summed E-state index contributed by atoms with van der Waals surface area (Å²) in [6.07, 6.45) is 5.16. The fraction of sp³-hybridized carbons (Fsp3) is 0.667. The highest BCUT2D eigenvalue weighted by Crippen LogP contribution is 2.34. The van der Waals surface area contributed by atoms with Gasteiger partial charge in [0.25, 0.3) is 0 Å². The van der Waals surface area contributed by atoms with Crippen LogP contribution in [0.15, 0.2) is 16.5 Å². The molecule has 84 valence electrons. The number of nitrogens with one attached hydrogen (secondary N) is 1.